The molecule has 0 amide bonds. The van der Waals surface area contributed by atoms with E-state index in [4.69, 9.17) is 5.41 Å². The Kier molecular flexibility index (Phi) is 7.16. The van der Waals surface area contributed by atoms with Gasteiger partial charge in [0.15, 0.2) is 0 Å². The van der Waals surface area contributed by atoms with E-state index >= 15 is 0 Å². The highest BCUT2D eigenvalue weighted by Crippen LogP contribution is 2.07. The Balaban J connectivity index is 0.000000921. The molecule has 0 saturated carbocycles. The van der Waals surface area contributed by atoms with Crippen LogP contribution in [-0.4, -0.2) is 11.2 Å². The van der Waals surface area contributed by atoms with Crippen molar-refractivity contribution in [3.63, 3.8) is 0 Å². The first kappa shape index (κ1) is 13.6. The van der Waals surface area contributed by atoms with Crippen LogP contribution in [0.25, 0.3) is 6.08 Å². The summed E-state index contributed by atoms with van der Waals surface area (Å²) < 4.78 is 0. The molecule has 0 fully saturated rings. The summed E-state index contributed by atoms with van der Waals surface area (Å²) in [5.74, 6) is 0.527. The highest BCUT2D eigenvalue weighted by atomic mass is 14.7. The molecule has 15 heavy (non-hydrogen) atoms. The number of nitrogens with one attached hydrogen (secondary N) is 1. The molecular formula is C13H20N2. The van der Waals surface area contributed by atoms with E-state index in [1.807, 2.05) is 32.1 Å². The fourth-order valence-electron chi connectivity index (χ4n) is 0.988. The maximum absolute atomic E-state index is 7.15. The lowest BCUT2D eigenvalue weighted by Gasteiger charge is -1.98. The van der Waals surface area contributed by atoms with Gasteiger partial charge in [0.1, 0.15) is 0 Å². The summed E-state index contributed by atoms with van der Waals surface area (Å²) in [4.78, 5) is 4.08. The molecule has 1 aromatic rings. The summed E-state index contributed by atoms with van der Waals surface area (Å²) in [5.41, 5.74) is 1.73. The number of pyridine rings is 1. The van der Waals surface area contributed by atoms with Crippen LogP contribution in [-0.2, 0) is 0 Å². The maximum Gasteiger partial charge on any atom is 0.0877 e. The van der Waals surface area contributed by atoms with E-state index in [0.717, 1.165) is 11.3 Å². The van der Waals surface area contributed by atoms with E-state index in [1.54, 1.807) is 6.20 Å². The summed E-state index contributed by atoms with van der Waals surface area (Å²) >= 11 is 0. The number of aromatic nitrogens is 1. The molecule has 1 N–H and O–H groups in total. The average molecular weight is 204 g/mol. The minimum atomic E-state index is 0.527. The third kappa shape index (κ3) is 5.11. The monoisotopic (exact) mass is 204 g/mol. The summed E-state index contributed by atoms with van der Waals surface area (Å²) in [6, 6.07) is 3.85. The van der Waals surface area contributed by atoms with Gasteiger partial charge in [0, 0.05) is 18.0 Å². The first-order valence-electron chi connectivity index (χ1n) is 5.37. The third-order valence-corrected chi connectivity index (χ3v) is 1.67. The van der Waals surface area contributed by atoms with E-state index in [2.05, 4.69) is 24.9 Å². The Labute approximate surface area is 92.6 Å². The van der Waals surface area contributed by atoms with Crippen molar-refractivity contribution >= 4 is 12.3 Å². The predicted molar refractivity (Wildman–Crippen MR) is 67.3 cm³/mol. The van der Waals surface area contributed by atoms with E-state index in [-0.39, 0.29) is 0 Å². The summed E-state index contributed by atoms with van der Waals surface area (Å²) in [6.07, 6.45) is 7.09. The van der Waals surface area contributed by atoms with Crippen molar-refractivity contribution in [2.24, 2.45) is 5.92 Å². The third-order valence-electron chi connectivity index (χ3n) is 1.67. The van der Waals surface area contributed by atoms with Gasteiger partial charge in [0.2, 0.25) is 0 Å². The number of hydrogen-bond acceptors (Lipinski definition) is 2. The van der Waals surface area contributed by atoms with Crippen LogP contribution in [0.1, 0.15) is 39.0 Å². The first-order chi connectivity index (χ1) is 7.24. The van der Waals surface area contributed by atoms with Crippen LogP contribution in [0.3, 0.4) is 0 Å². The summed E-state index contributed by atoms with van der Waals surface area (Å²) in [7, 11) is 0. The largest absolute Gasteiger partial charge is 0.306 e. The van der Waals surface area contributed by atoms with E-state index < -0.39 is 0 Å². The van der Waals surface area contributed by atoms with Gasteiger partial charge in [-0.25, -0.2) is 0 Å². The molecule has 1 heterocycles. The van der Waals surface area contributed by atoms with Crippen LogP contribution >= 0.6 is 0 Å². The molecule has 1 aromatic heterocycles. The van der Waals surface area contributed by atoms with Gasteiger partial charge in [-0.1, -0.05) is 45.9 Å². The summed E-state index contributed by atoms with van der Waals surface area (Å²) in [6.45, 7) is 8.24. The molecule has 0 atom stereocenters. The van der Waals surface area contributed by atoms with Crippen molar-refractivity contribution in [1.82, 2.24) is 4.98 Å². The molecule has 2 nitrogen and oxygen atoms in total. The van der Waals surface area contributed by atoms with Crippen LogP contribution < -0.4 is 0 Å². The van der Waals surface area contributed by atoms with Crippen LogP contribution in [0, 0.1) is 11.3 Å². The normalized spacial score (nSPS) is 9.93. The van der Waals surface area contributed by atoms with Crippen LogP contribution in [0.5, 0.6) is 0 Å². The van der Waals surface area contributed by atoms with Gasteiger partial charge >= 0.3 is 0 Å². The lowest BCUT2D eigenvalue weighted by molar-refractivity contribution is 0.836. The zero-order valence-electron chi connectivity index (χ0n) is 9.99. The van der Waals surface area contributed by atoms with Gasteiger partial charge in [0.05, 0.1) is 5.69 Å². The standard InChI is InChI=1S/C11H14N2.C2H6/c1-9(2)5-6-10-4-3-7-13-11(10)8-12;1-2/h3-9,12H,1-2H3;1-2H3/b6-5-,12-8?;. The Morgan fingerprint density at radius 3 is 2.53 bits per heavy atom. The molecular weight excluding hydrogens is 184 g/mol. The quantitative estimate of drug-likeness (QED) is 0.747. The van der Waals surface area contributed by atoms with E-state index in [9.17, 15) is 0 Å². The number of allylic oxidation sites excluding steroid dienone is 1. The smallest absolute Gasteiger partial charge is 0.0877 e. The van der Waals surface area contributed by atoms with Gasteiger partial charge in [-0.15, -0.1) is 0 Å². The molecule has 0 aromatic carbocycles. The van der Waals surface area contributed by atoms with Crippen LogP contribution in [0.4, 0.5) is 0 Å². The van der Waals surface area contributed by atoms with Gasteiger partial charge < -0.3 is 5.41 Å². The molecule has 0 aliphatic carbocycles. The molecule has 0 radical (unpaired) electrons. The van der Waals surface area contributed by atoms with Crippen LogP contribution in [0.15, 0.2) is 24.4 Å². The number of hydrogen-bond donors (Lipinski definition) is 1. The molecule has 0 spiro atoms. The van der Waals surface area contributed by atoms with E-state index in [1.165, 1.54) is 6.21 Å². The highest BCUT2D eigenvalue weighted by molar-refractivity contribution is 5.80. The van der Waals surface area contributed by atoms with Crippen molar-refractivity contribution in [2.75, 3.05) is 0 Å². The zero-order chi connectivity index (χ0) is 11.7. The maximum atomic E-state index is 7.15. The Bertz CT molecular complexity index is 314. The fraction of sp³-hybridized carbons (Fsp3) is 0.385. The van der Waals surface area contributed by atoms with Crippen molar-refractivity contribution in [3.05, 3.63) is 35.7 Å². The predicted octanol–water partition coefficient (Wildman–Crippen LogP) is 3.77. The van der Waals surface area contributed by atoms with Crippen molar-refractivity contribution < 1.29 is 0 Å². The average Bonchev–Trinajstić information content (AvgIpc) is 2.29. The summed E-state index contributed by atoms with van der Waals surface area (Å²) in [5, 5.41) is 7.15. The molecule has 1 rings (SSSR count). The second kappa shape index (κ2) is 7.92. The Morgan fingerprint density at radius 2 is 2.00 bits per heavy atom. The van der Waals surface area contributed by atoms with E-state index in [0.29, 0.717) is 5.92 Å². The van der Waals surface area contributed by atoms with Gasteiger partial charge in [0.25, 0.3) is 0 Å². The highest BCUT2D eigenvalue weighted by Gasteiger charge is 1.95. The number of rotatable bonds is 3. The molecule has 0 unspecified atom stereocenters. The molecule has 0 bridgehead atoms. The fourth-order valence-corrected chi connectivity index (χ4v) is 0.988. The van der Waals surface area contributed by atoms with Crippen molar-refractivity contribution in [3.8, 4) is 0 Å². The molecule has 82 valence electrons. The second-order valence-corrected chi connectivity index (χ2v) is 3.23. The minimum Gasteiger partial charge on any atom is -0.306 e. The minimum absolute atomic E-state index is 0.527. The van der Waals surface area contributed by atoms with Gasteiger partial charge in [-0.05, 0) is 12.0 Å². The van der Waals surface area contributed by atoms with Crippen molar-refractivity contribution in [2.45, 2.75) is 27.7 Å². The topological polar surface area (TPSA) is 36.7 Å². The number of nitrogens with zero attached hydrogens (tertiary/aromatic N) is 1. The molecule has 2 heteroatoms. The van der Waals surface area contributed by atoms with Crippen molar-refractivity contribution in [1.29, 1.82) is 5.41 Å². The van der Waals surface area contributed by atoms with Crippen LogP contribution in [0.2, 0.25) is 0 Å². The lowest BCUT2D eigenvalue weighted by atomic mass is 10.1. The van der Waals surface area contributed by atoms with Gasteiger partial charge in [-0.2, -0.15) is 0 Å². The Morgan fingerprint density at radius 1 is 1.33 bits per heavy atom. The van der Waals surface area contributed by atoms with Gasteiger partial charge in [-0.3, -0.25) is 4.98 Å². The molecule has 0 saturated heterocycles. The lowest BCUT2D eigenvalue weighted by Crippen LogP contribution is -1.90. The Hall–Kier alpha value is -1.44. The second-order valence-electron chi connectivity index (χ2n) is 3.23. The first-order valence-corrected chi connectivity index (χ1v) is 5.37. The zero-order valence-corrected chi connectivity index (χ0v) is 9.99. The molecule has 0 aliphatic rings. The molecule has 0 aliphatic heterocycles. The SMILES string of the molecule is CC.CC(C)/C=C\c1cccnc1C=N.